The monoisotopic (exact) mass is 185 g/mol. The summed E-state index contributed by atoms with van der Waals surface area (Å²) in [6.07, 6.45) is 5.82. The van der Waals surface area contributed by atoms with Crippen LogP contribution in [0.1, 0.15) is 19.3 Å². The first kappa shape index (κ1) is 10.1. The topological polar surface area (TPSA) is 12.0 Å². The molecule has 1 saturated heterocycles. The molecule has 2 heteroatoms. The highest BCUT2D eigenvalue weighted by Gasteiger charge is 2.23. The van der Waals surface area contributed by atoms with Crippen LogP contribution in [0, 0.1) is 5.92 Å². The van der Waals surface area contributed by atoms with E-state index in [1.54, 1.807) is 0 Å². The van der Waals surface area contributed by atoms with E-state index in [1.807, 2.05) is 6.08 Å². The summed E-state index contributed by atoms with van der Waals surface area (Å²) in [4.78, 5) is 0. The number of nitrogens with one attached hydrogen (secondary N) is 1. The summed E-state index contributed by atoms with van der Waals surface area (Å²) in [5.74, 6) is 3.61. The van der Waals surface area contributed by atoms with Gasteiger partial charge in [-0.2, -0.15) is 11.8 Å². The molecular formula is C10H19NS. The van der Waals surface area contributed by atoms with Crippen molar-refractivity contribution in [3.63, 3.8) is 0 Å². The van der Waals surface area contributed by atoms with Crippen molar-refractivity contribution in [2.45, 2.75) is 25.3 Å². The lowest BCUT2D eigenvalue weighted by molar-refractivity contribution is 0.387. The minimum absolute atomic E-state index is 0.720. The van der Waals surface area contributed by atoms with E-state index >= 15 is 0 Å². The Labute approximate surface area is 80.0 Å². The second-order valence-electron chi connectivity index (χ2n) is 3.38. The minimum atomic E-state index is 0.720. The highest BCUT2D eigenvalue weighted by molar-refractivity contribution is 7.99. The minimum Gasteiger partial charge on any atom is -0.317 e. The van der Waals surface area contributed by atoms with Gasteiger partial charge in [-0.1, -0.05) is 6.08 Å². The largest absolute Gasteiger partial charge is 0.317 e. The molecule has 2 unspecified atom stereocenters. The second-order valence-corrected chi connectivity index (χ2v) is 4.53. The normalized spacial score (nSPS) is 25.6. The zero-order valence-electron chi connectivity index (χ0n) is 7.88. The lowest BCUT2D eigenvalue weighted by Crippen LogP contribution is -2.33. The van der Waals surface area contributed by atoms with Crippen LogP contribution in [0.2, 0.25) is 0 Å². The van der Waals surface area contributed by atoms with Crippen molar-refractivity contribution in [3.05, 3.63) is 12.7 Å². The molecule has 0 radical (unpaired) electrons. The van der Waals surface area contributed by atoms with Gasteiger partial charge in [0, 0.05) is 6.04 Å². The van der Waals surface area contributed by atoms with Gasteiger partial charge in [0.2, 0.25) is 0 Å². The molecule has 1 aliphatic rings. The van der Waals surface area contributed by atoms with Crippen LogP contribution in [0.15, 0.2) is 12.7 Å². The predicted octanol–water partition coefficient (Wildman–Crippen LogP) is 2.29. The van der Waals surface area contributed by atoms with Gasteiger partial charge in [-0.05, 0) is 43.7 Å². The van der Waals surface area contributed by atoms with E-state index in [9.17, 15) is 0 Å². The van der Waals surface area contributed by atoms with Crippen molar-refractivity contribution in [1.29, 1.82) is 0 Å². The zero-order valence-corrected chi connectivity index (χ0v) is 8.70. The molecular weight excluding hydrogens is 166 g/mol. The van der Waals surface area contributed by atoms with E-state index in [-0.39, 0.29) is 0 Å². The third-order valence-electron chi connectivity index (χ3n) is 2.59. The van der Waals surface area contributed by atoms with E-state index in [0.29, 0.717) is 0 Å². The molecule has 1 nitrogen and oxygen atoms in total. The molecule has 2 atom stereocenters. The quantitative estimate of drug-likeness (QED) is 0.660. The number of thioether (sulfide) groups is 1. The fourth-order valence-electron chi connectivity index (χ4n) is 1.78. The standard InChI is InChI=1S/C10H19NS/c1-3-4-5-10(11-2)9-6-7-12-8-9/h3,9-11H,1,4-8H2,2H3. The lowest BCUT2D eigenvalue weighted by atomic mass is 9.95. The Kier molecular flexibility index (Phi) is 4.77. The number of hydrogen-bond donors (Lipinski definition) is 1. The van der Waals surface area contributed by atoms with Gasteiger partial charge in [0.1, 0.15) is 0 Å². The van der Waals surface area contributed by atoms with Crippen molar-refractivity contribution in [2.75, 3.05) is 18.6 Å². The van der Waals surface area contributed by atoms with Crippen LogP contribution in [-0.2, 0) is 0 Å². The highest BCUT2D eigenvalue weighted by atomic mass is 32.2. The van der Waals surface area contributed by atoms with Crippen LogP contribution >= 0.6 is 11.8 Å². The molecule has 0 aliphatic carbocycles. The molecule has 0 bridgehead atoms. The van der Waals surface area contributed by atoms with Crippen molar-refractivity contribution in [2.24, 2.45) is 5.92 Å². The fraction of sp³-hybridized carbons (Fsp3) is 0.800. The van der Waals surface area contributed by atoms with Crippen molar-refractivity contribution >= 4 is 11.8 Å². The van der Waals surface area contributed by atoms with Crippen LogP contribution in [0.4, 0.5) is 0 Å². The Balaban J connectivity index is 2.27. The molecule has 1 heterocycles. The summed E-state index contributed by atoms with van der Waals surface area (Å²) in [7, 11) is 2.08. The van der Waals surface area contributed by atoms with Gasteiger partial charge in [-0.3, -0.25) is 0 Å². The molecule has 1 N–H and O–H groups in total. The first-order chi connectivity index (χ1) is 5.88. The maximum atomic E-state index is 3.76. The van der Waals surface area contributed by atoms with E-state index < -0.39 is 0 Å². The Morgan fingerprint density at radius 3 is 3.08 bits per heavy atom. The van der Waals surface area contributed by atoms with Gasteiger partial charge in [-0.25, -0.2) is 0 Å². The summed E-state index contributed by atoms with van der Waals surface area (Å²) < 4.78 is 0. The molecule has 0 amide bonds. The first-order valence-electron chi connectivity index (χ1n) is 4.74. The van der Waals surface area contributed by atoms with Gasteiger partial charge < -0.3 is 5.32 Å². The van der Waals surface area contributed by atoms with Crippen LogP contribution in [-0.4, -0.2) is 24.6 Å². The van der Waals surface area contributed by atoms with Crippen LogP contribution in [0.25, 0.3) is 0 Å². The average molecular weight is 185 g/mol. The van der Waals surface area contributed by atoms with E-state index in [4.69, 9.17) is 0 Å². The van der Waals surface area contributed by atoms with Crippen molar-refractivity contribution < 1.29 is 0 Å². The Hall–Kier alpha value is 0.0500. The zero-order chi connectivity index (χ0) is 8.81. The van der Waals surface area contributed by atoms with Crippen LogP contribution in [0.3, 0.4) is 0 Å². The van der Waals surface area contributed by atoms with Crippen LogP contribution in [0.5, 0.6) is 0 Å². The highest BCUT2D eigenvalue weighted by Crippen LogP contribution is 2.27. The molecule has 70 valence electrons. The summed E-state index contributed by atoms with van der Waals surface area (Å²) in [6, 6.07) is 0.720. The van der Waals surface area contributed by atoms with Crippen molar-refractivity contribution in [3.8, 4) is 0 Å². The maximum absolute atomic E-state index is 3.76. The third kappa shape index (κ3) is 2.83. The van der Waals surface area contributed by atoms with Crippen molar-refractivity contribution in [1.82, 2.24) is 5.32 Å². The maximum Gasteiger partial charge on any atom is 0.0103 e. The Morgan fingerprint density at radius 2 is 2.58 bits per heavy atom. The summed E-state index contributed by atoms with van der Waals surface area (Å²) in [6.45, 7) is 3.76. The van der Waals surface area contributed by atoms with Gasteiger partial charge in [0.05, 0.1) is 0 Å². The Morgan fingerprint density at radius 1 is 1.75 bits per heavy atom. The first-order valence-corrected chi connectivity index (χ1v) is 5.90. The molecule has 1 aliphatic heterocycles. The fourth-order valence-corrected chi connectivity index (χ4v) is 3.12. The van der Waals surface area contributed by atoms with Crippen LogP contribution < -0.4 is 5.32 Å². The number of allylic oxidation sites excluding steroid dienone is 1. The third-order valence-corrected chi connectivity index (χ3v) is 3.77. The van der Waals surface area contributed by atoms with Gasteiger partial charge in [-0.15, -0.1) is 6.58 Å². The van der Waals surface area contributed by atoms with E-state index in [0.717, 1.165) is 18.4 Å². The summed E-state index contributed by atoms with van der Waals surface area (Å²) >= 11 is 2.09. The molecule has 0 aromatic heterocycles. The number of hydrogen-bond acceptors (Lipinski definition) is 2. The van der Waals surface area contributed by atoms with E-state index in [2.05, 4.69) is 30.7 Å². The second kappa shape index (κ2) is 5.65. The number of rotatable bonds is 5. The molecule has 0 saturated carbocycles. The average Bonchev–Trinajstić information content (AvgIpc) is 2.59. The summed E-state index contributed by atoms with van der Waals surface area (Å²) in [5.41, 5.74) is 0. The molecule has 0 aromatic carbocycles. The van der Waals surface area contributed by atoms with Gasteiger partial charge in [0.25, 0.3) is 0 Å². The molecule has 12 heavy (non-hydrogen) atoms. The molecule has 0 spiro atoms. The smallest absolute Gasteiger partial charge is 0.0103 e. The SMILES string of the molecule is C=CCCC(NC)C1CCSC1. The predicted molar refractivity (Wildman–Crippen MR) is 57.7 cm³/mol. The molecule has 0 aromatic rings. The van der Waals surface area contributed by atoms with Gasteiger partial charge >= 0.3 is 0 Å². The Bertz CT molecular complexity index is 130. The lowest BCUT2D eigenvalue weighted by Gasteiger charge is -2.21. The molecule has 1 rings (SSSR count). The van der Waals surface area contributed by atoms with Gasteiger partial charge in [0.15, 0.2) is 0 Å². The summed E-state index contributed by atoms with van der Waals surface area (Å²) in [5, 5.41) is 3.42. The van der Waals surface area contributed by atoms with E-state index in [1.165, 1.54) is 24.3 Å². The molecule has 1 fully saturated rings.